The lowest BCUT2D eigenvalue weighted by atomic mass is 9.99. The maximum absolute atomic E-state index is 13.9. The Bertz CT molecular complexity index is 423. The van der Waals surface area contributed by atoms with E-state index in [0.717, 1.165) is 38.2 Å². The lowest BCUT2D eigenvalue weighted by molar-refractivity contribution is 0.168. The van der Waals surface area contributed by atoms with Gasteiger partial charge in [0.2, 0.25) is 5.95 Å². The molecule has 0 unspecified atom stereocenters. The van der Waals surface area contributed by atoms with Crippen LogP contribution in [0.4, 0.5) is 4.39 Å². The molecular weight excluding hydrogens is 300 g/mol. The van der Waals surface area contributed by atoms with Crippen LogP contribution in [0.15, 0.2) is 30.5 Å². The zero-order valence-electron chi connectivity index (χ0n) is 11.6. The number of halogens is 3. The van der Waals surface area contributed by atoms with E-state index < -0.39 is 0 Å². The quantitative estimate of drug-likeness (QED) is 0.682. The van der Waals surface area contributed by atoms with Gasteiger partial charge >= 0.3 is 0 Å². The Balaban J connectivity index is 0.00000180. The molecule has 20 heavy (non-hydrogen) atoms. The highest BCUT2D eigenvalue weighted by molar-refractivity contribution is 5.85. The van der Waals surface area contributed by atoms with Crippen molar-refractivity contribution >= 4 is 24.8 Å². The minimum Gasteiger partial charge on any atom is -0.314 e. The standard InChI is InChI=1S/C14H20FN3.2ClH/c1-11(2)10-13(18-8-6-16-7-9-18)12-4-3-5-17-14(12)15;;/h3-5,13,16H,1,6-10H2,2H3;2*1H/t13-;;/m1../s1. The summed E-state index contributed by atoms with van der Waals surface area (Å²) in [5.74, 6) is -0.359. The molecule has 0 aliphatic carbocycles. The molecule has 1 aliphatic rings. The van der Waals surface area contributed by atoms with Gasteiger partial charge in [-0.3, -0.25) is 4.90 Å². The molecule has 1 aromatic heterocycles. The van der Waals surface area contributed by atoms with Crippen molar-refractivity contribution in [2.24, 2.45) is 0 Å². The van der Waals surface area contributed by atoms with Crippen LogP contribution < -0.4 is 5.32 Å². The first-order chi connectivity index (χ1) is 8.68. The Morgan fingerprint density at radius 1 is 1.45 bits per heavy atom. The van der Waals surface area contributed by atoms with E-state index >= 15 is 0 Å². The number of hydrogen-bond acceptors (Lipinski definition) is 3. The molecule has 1 atom stereocenters. The van der Waals surface area contributed by atoms with E-state index in [4.69, 9.17) is 0 Å². The maximum Gasteiger partial charge on any atom is 0.217 e. The molecule has 6 heteroatoms. The highest BCUT2D eigenvalue weighted by atomic mass is 35.5. The highest BCUT2D eigenvalue weighted by Gasteiger charge is 2.24. The van der Waals surface area contributed by atoms with Crippen molar-refractivity contribution in [3.63, 3.8) is 0 Å². The minimum atomic E-state index is -0.359. The van der Waals surface area contributed by atoms with Crippen molar-refractivity contribution in [1.29, 1.82) is 0 Å². The summed E-state index contributed by atoms with van der Waals surface area (Å²) in [6, 6.07) is 3.68. The minimum absolute atomic E-state index is 0. The lowest BCUT2D eigenvalue weighted by Crippen LogP contribution is -2.45. The van der Waals surface area contributed by atoms with Gasteiger partial charge in [0.1, 0.15) is 0 Å². The predicted octanol–water partition coefficient (Wildman–Crippen LogP) is 2.98. The third-order valence-electron chi connectivity index (χ3n) is 3.28. The first-order valence-electron chi connectivity index (χ1n) is 6.38. The van der Waals surface area contributed by atoms with Gasteiger partial charge in [0.05, 0.1) is 0 Å². The molecule has 1 saturated heterocycles. The number of hydrogen-bond donors (Lipinski definition) is 1. The third-order valence-corrected chi connectivity index (χ3v) is 3.28. The van der Waals surface area contributed by atoms with Gasteiger partial charge in [0.15, 0.2) is 0 Å². The number of nitrogens with zero attached hydrogens (tertiary/aromatic N) is 2. The molecule has 0 amide bonds. The van der Waals surface area contributed by atoms with Crippen molar-refractivity contribution in [2.75, 3.05) is 26.2 Å². The Kier molecular flexibility index (Phi) is 8.98. The zero-order chi connectivity index (χ0) is 13.0. The van der Waals surface area contributed by atoms with Crippen molar-refractivity contribution in [3.05, 3.63) is 42.0 Å². The number of aromatic nitrogens is 1. The SMILES string of the molecule is C=C(C)C[C@H](c1cccnc1F)N1CCNCC1.Cl.Cl. The largest absolute Gasteiger partial charge is 0.314 e. The monoisotopic (exact) mass is 321 g/mol. The lowest BCUT2D eigenvalue weighted by Gasteiger charge is -2.35. The van der Waals surface area contributed by atoms with E-state index in [1.165, 1.54) is 6.20 Å². The van der Waals surface area contributed by atoms with E-state index in [2.05, 4.69) is 21.8 Å². The van der Waals surface area contributed by atoms with Crippen molar-refractivity contribution < 1.29 is 4.39 Å². The summed E-state index contributed by atoms with van der Waals surface area (Å²) < 4.78 is 13.9. The van der Waals surface area contributed by atoms with Gasteiger partial charge < -0.3 is 5.32 Å². The summed E-state index contributed by atoms with van der Waals surface area (Å²) in [5, 5.41) is 3.32. The van der Waals surface area contributed by atoms with Gasteiger partial charge in [-0.2, -0.15) is 4.39 Å². The molecule has 0 saturated carbocycles. The summed E-state index contributed by atoms with van der Waals surface area (Å²) >= 11 is 0. The molecule has 1 aromatic rings. The first-order valence-corrected chi connectivity index (χ1v) is 6.38. The second-order valence-corrected chi connectivity index (χ2v) is 4.85. The van der Waals surface area contributed by atoms with Crippen LogP contribution in [-0.4, -0.2) is 36.1 Å². The van der Waals surface area contributed by atoms with Crippen LogP contribution in [-0.2, 0) is 0 Å². The topological polar surface area (TPSA) is 28.2 Å². The van der Waals surface area contributed by atoms with Gasteiger partial charge in [-0.05, 0) is 19.4 Å². The molecule has 1 N–H and O–H groups in total. The van der Waals surface area contributed by atoms with Crippen LogP contribution in [0.1, 0.15) is 24.9 Å². The van der Waals surface area contributed by atoms with Gasteiger partial charge in [0, 0.05) is 44.0 Å². The van der Waals surface area contributed by atoms with E-state index in [1.54, 1.807) is 6.07 Å². The van der Waals surface area contributed by atoms with E-state index in [9.17, 15) is 4.39 Å². The van der Waals surface area contributed by atoms with Gasteiger partial charge in [-0.1, -0.05) is 11.6 Å². The van der Waals surface area contributed by atoms with E-state index in [-0.39, 0.29) is 36.8 Å². The van der Waals surface area contributed by atoms with E-state index in [0.29, 0.717) is 5.56 Å². The van der Waals surface area contributed by atoms with Crippen molar-refractivity contribution in [2.45, 2.75) is 19.4 Å². The Morgan fingerprint density at radius 3 is 2.65 bits per heavy atom. The van der Waals surface area contributed by atoms with Gasteiger partial charge in [-0.15, -0.1) is 31.4 Å². The molecule has 1 fully saturated rings. The average Bonchev–Trinajstić information content (AvgIpc) is 2.38. The Morgan fingerprint density at radius 2 is 2.10 bits per heavy atom. The number of rotatable bonds is 4. The Labute approximate surface area is 132 Å². The molecule has 0 radical (unpaired) electrons. The molecule has 0 spiro atoms. The number of pyridine rings is 1. The maximum atomic E-state index is 13.9. The van der Waals surface area contributed by atoms with Gasteiger partial charge in [-0.25, -0.2) is 4.98 Å². The number of piperazine rings is 1. The highest BCUT2D eigenvalue weighted by Crippen LogP contribution is 2.28. The summed E-state index contributed by atoms with van der Waals surface area (Å²) in [6.45, 7) is 9.73. The second-order valence-electron chi connectivity index (χ2n) is 4.85. The molecular formula is C14H22Cl2FN3. The number of nitrogens with one attached hydrogen (secondary N) is 1. The molecule has 114 valence electrons. The fraction of sp³-hybridized carbons (Fsp3) is 0.500. The second kappa shape index (κ2) is 9.29. The first kappa shape index (κ1) is 19.3. The zero-order valence-corrected chi connectivity index (χ0v) is 13.3. The Hall–Kier alpha value is -0.680. The fourth-order valence-electron chi connectivity index (χ4n) is 2.41. The summed E-state index contributed by atoms with van der Waals surface area (Å²) in [5.41, 5.74) is 1.75. The predicted molar refractivity (Wildman–Crippen MR) is 85.3 cm³/mol. The van der Waals surface area contributed by atoms with Gasteiger partial charge in [0.25, 0.3) is 0 Å². The van der Waals surface area contributed by atoms with Crippen LogP contribution in [0.2, 0.25) is 0 Å². The van der Waals surface area contributed by atoms with E-state index in [1.807, 2.05) is 13.0 Å². The van der Waals surface area contributed by atoms with Crippen molar-refractivity contribution in [3.8, 4) is 0 Å². The molecule has 2 rings (SSSR count). The van der Waals surface area contributed by atoms with Crippen LogP contribution in [0, 0.1) is 5.95 Å². The molecule has 0 aromatic carbocycles. The summed E-state index contributed by atoms with van der Waals surface area (Å²) in [7, 11) is 0. The van der Waals surface area contributed by atoms with Crippen molar-refractivity contribution in [1.82, 2.24) is 15.2 Å². The smallest absolute Gasteiger partial charge is 0.217 e. The van der Waals surface area contributed by atoms with Crippen LogP contribution in [0.3, 0.4) is 0 Å². The van der Waals surface area contributed by atoms with Crippen LogP contribution in [0.25, 0.3) is 0 Å². The van der Waals surface area contributed by atoms with Crippen LogP contribution >= 0.6 is 24.8 Å². The molecule has 3 nitrogen and oxygen atoms in total. The molecule has 2 heterocycles. The molecule has 1 aliphatic heterocycles. The average molecular weight is 322 g/mol. The molecule has 0 bridgehead atoms. The fourth-order valence-corrected chi connectivity index (χ4v) is 2.41. The van der Waals surface area contributed by atoms with Crippen LogP contribution in [0.5, 0.6) is 0 Å². The normalized spacial score (nSPS) is 16.7. The third kappa shape index (κ3) is 5.02. The summed E-state index contributed by atoms with van der Waals surface area (Å²) in [4.78, 5) is 6.07. The summed E-state index contributed by atoms with van der Waals surface area (Å²) in [6.07, 6.45) is 2.27.